The van der Waals surface area contributed by atoms with Crippen LogP contribution in [0.15, 0.2) is 18.2 Å². The van der Waals surface area contributed by atoms with Crippen molar-refractivity contribution < 1.29 is 17.9 Å². The lowest BCUT2D eigenvalue weighted by Gasteiger charge is -2.29. The van der Waals surface area contributed by atoms with Crippen LogP contribution in [0.3, 0.4) is 0 Å². The van der Waals surface area contributed by atoms with Crippen LogP contribution in [0.2, 0.25) is 0 Å². The Balaban J connectivity index is 2.33. The van der Waals surface area contributed by atoms with Gasteiger partial charge < -0.3 is 9.64 Å². The Morgan fingerprint density at radius 2 is 2.10 bits per heavy atom. The van der Waals surface area contributed by atoms with Crippen molar-refractivity contribution in [2.45, 2.75) is 31.7 Å². The number of nitriles is 1. The molecule has 0 N–H and O–H groups in total. The van der Waals surface area contributed by atoms with Gasteiger partial charge >= 0.3 is 6.18 Å². The van der Waals surface area contributed by atoms with Gasteiger partial charge in [-0.1, -0.05) is 0 Å². The summed E-state index contributed by atoms with van der Waals surface area (Å²) in [5.74, 6) is 0. The number of hydrogen-bond donors (Lipinski definition) is 0. The zero-order valence-corrected chi connectivity index (χ0v) is 11.2. The van der Waals surface area contributed by atoms with Crippen molar-refractivity contribution in [3.63, 3.8) is 0 Å². The molecule has 3 nitrogen and oxygen atoms in total. The molecule has 0 amide bonds. The number of halogens is 3. The molecule has 2 unspecified atom stereocenters. The highest BCUT2D eigenvalue weighted by molar-refractivity contribution is 5.55. The maximum absolute atomic E-state index is 12.7. The maximum atomic E-state index is 12.7. The fourth-order valence-electron chi connectivity index (χ4n) is 2.51. The zero-order chi connectivity index (χ0) is 14.9. The third-order valence-corrected chi connectivity index (χ3v) is 3.67. The number of ether oxygens (including phenoxy) is 1. The van der Waals surface area contributed by atoms with E-state index in [9.17, 15) is 13.2 Å². The molecule has 0 aromatic heterocycles. The van der Waals surface area contributed by atoms with Gasteiger partial charge in [0.15, 0.2) is 0 Å². The minimum absolute atomic E-state index is 0.0211. The van der Waals surface area contributed by atoms with Gasteiger partial charge in [0.05, 0.1) is 29.3 Å². The van der Waals surface area contributed by atoms with Gasteiger partial charge in [0.1, 0.15) is 0 Å². The molecular weight excluding hydrogens is 269 g/mol. The Hall–Kier alpha value is -1.74. The SMILES string of the molecule is CC1OCCC1N(C)c1ccc(C(F)(F)F)c(C#N)c1. The number of rotatable bonds is 2. The Labute approximate surface area is 115 Å². The average molecular weight is 284 g/mol. The second-order valence-corrected chi connectivity index (χ2v) is 4.88. The number of anilines is 1. The summed E-state index contributed by atoms with van der Waals surface area (Å²) < 4.78 is 43.7. The summed E-state index contributed by atoms with van der Waals surface area (Å²) in [5.41, 5.74) is -0.654. The zero-order valence-electron chi connectivity index (χ0n) is 11.2. The summed E-state index contributed by atoms with van der Waals surface area (Å²) in [4.78, 5) is 1.87. The van der Waals surface area contributed by atoms with Crippen LogP contribution < -0.4 is 4.90 Å². The molecule has 0 saturated carbocycles. The highest BCUT2D eigenvalue weighted by atomic mass is 19.4. The molecule has 0 bridgehead atoms. The lowest BCUT2D eigenvalue weighted by atomic mass is 10.0. The van der Waals surface area contributed by atoms with Gasteiger partial charge in [-0.15, -0.1) is 0 Å². The summed E-state index contributed by atoms with van der Waals surface area (Å²) in [6.45, 7) is 2.57. The second kappa shape index (κ2) is 5.33. The number of hydrogen-bond acceptors (Lipinski definition) is 3. The van der Waals surface area contributed by atoms with E-state index in [1.54, 1.807) is 13.1 Å². The molecule has 1 heterocycles. The third kappa shape index (κ3) is 2.73. The van der Waals surface area contributed by atoms with Crippen molar-refractivity contribution in [2.75, 3.05) is 18.6 Å². The van der Waals surface area contributed by atoms with Gasteiger partial charge in [-0.2, -0.15) is 18.4 Å². The van der Waals surface area contributed by atoms with E-state index < -0.39 is 11.7 Å². The van der Waals surface area contributed by atoms with Gasteiger partial charge in [-0.3, -0.25) is 0 Å². The molecule has 0 spiro atoms. The molecule has 2 atom stereocenters. The third-order valence-electron chi connectivity index (χ3n) is 3.67. The van der Waals surface area contributed by atoms with Crippen molar-refractivity contribution >= 4 is 5.69 Å². The summed E-state index contributed by atoms with van der Waals surface area (Å²) >= 11 is 0. The lowest BCUT2D eigenvalue weighted by Crippen LogP contribution is -2.36. The van der Waals surface area contributed by atoms with Gasteiger partial charge in [0, 0.05) is 19.3 Å². The number of benzene rings is 1. The standard InChI is InChI=1S/C14H15F3N2O/c1-9-13(5-6-20-9)19(2)11-3-4-12(14(15,16)17)10(7-11)8-18/h3-4,7,9,13H,5-6H2,1-2H3. The Kier molecular flexibility index (Phi) is 3.91. The van der Waals surface area contributed by atoms with E-state index in [-0.39, 0.29) is 17.7 Å². The fraction of sp³-hybridized carbons (Fsp3) is 0.500. The molecule has 6 heteroatoms. The monoisotopic (exact) mass is 284 g/mol. The molecule has 1 aliphatic heterocycles. The summed E-state index contributed by atoms with van der Waals surface area (Å²) in [6.07, 6.45) is -3.67. The molecule has 1 aromatic rings. The van der Waals surface area contributed by atoms with Crippen LogP contribution >= 0.6 is 0 Å². The van der Waals surface area contributed by atoms with Gasteiger partial charge in [-0.25, -0.2) is 0 Å². The first-order valence-electron chi connectivity index (χ1n) is 6.30. The van der Waals surface area contributed by atoms with Crippen LogP contribution in [0.25, 0.3) is 0 Å². The van der Waals surface area contributed by atoms with Crippen LogP contribution in [0.5, 0.6) is 0 Å². The van der Waals surface area contributed by atoms with Gasteiger partial charge in [-0.05, 0) is 31.5 Å². The van der Waals surface area contributed by atoms with E-state index in [1.165, 1.54) is 12.1 Å². The average Bonchev–Trinajstić information content (AvgIpc) is 2.82. The predicted molar refractivity (Wildman–Crippen MR) is 68.4 cm³/mol. The number of likely N-dealkylation sites (N-methyl/N-ethyl adjacent to an activating group) is 1. The van der Waals surface area contributed by atoms with Crippen molar-refractivity contribution in [3.05, 3.63) is 29.3 Å². The Bertz CT molecular complexity index is 536. The summed E-state index contributed by atoms with van der Waals surface area (Å²) in [6, 6.07) is 5.38. The molecule has 0 aliphatic carbocycles. The Morgan fingerprint density at radius 1 is 1.40 bits per heavy atom. The fourth-order valence-corrected chi connectivity index (χ4v) is 2.51. The van der Waals surface area contributed by atoms with E-state index in [0.717, 1.165) is 12.5 Å². The topological polar surface area (TPSA) is 36.3 Å². The quantitative estimate of drug-likeness (QED) is 0.836. The van der Waals surface area contributed by atoms with Gasteiger partial charge in [0.2, 0.25) is 0 Å². The first-order valence-corrected chi connectivity index (χ1v) is 6.30. The smallest absolute Gasteiger partial charge is 0.376 e. The highest BCUT2D eigenvalue weighted by Gasteiger charge is 2.34. The summed E-state index contributed by atoms with van der Waals surface area (Å²) in [5, 5.41) is 8.91. The van der Waals surface area contributed by atoms with Crippen LogP contribution in [-0.2, 0) is 10.9 Å². The van der Waals surface area contributed by atoms with E-state index in [0.29, 0.717) is 12.3 Å². The molecule has 1 fully saturated rings. The van der Waals surface area contributed by atoms with Crippen LogP contribution in [0, 0.1) is 11.3 Å². The van der Waals surface area contributed by atoms with E-state index >= 15 is 0 Å². The first kappa shape index (κ1) is 14.7. The van der Waals surface area contributed by atoms with E-state index in [2.05, 4.69) is 0 Å². The molecular formula is C14H15F3N2O. The molecule has 1 aliphatic rings. The predicted octanol–water partition coefficient (Wildman–Crippen LogP) is 3.19. The van der Waals surface area contributed by atoms with Crippen molar-refractivity contribution in [2.24, 2.45) is 0 Å². The molecule has 2 rings (SSSR count). The Morgan fingerprint density at radius 3 is 2.60 bits per heavy atom. The summed E-state index contributed by atoms with van der Waals surface area (Å²) in [7, 11) is 1.81. The van der Waals surface area contributed by atoms with Crippen LogP contribution in [0.1, 0.15) is 24.5 Å². The normalized spacial score (nSPS) is 22.6. The van der Waals surface area contributed by atoms with Gasteiger partial charge in [0.25, 0.3) is 0 Å². The minimum atomic E-state index is -4.51. The molecule has 20 heavy (non-hydrogen) atoms. The molecule has 108 valence electrons. The van der Waals surface area contributed by atoms with Crippen LogP contribution in [0.4, 0.5) is 18.9 Å². The van der Waals surface area contributed by atoms with Crippen molar-refractivity contribution in [1.82, 2.24) is 0 Å². The maximum Gasteiger partial charge on any atom is 0.417 e. The first-order chi connectivity index (χ1) is 9.34. The largest absolute Gasteiger partial charge is 0.417 e. The van der Waals surface area contributed by atoms with E-state index in [1.807, 2.05) is 11.8 Å². The minimum Gasteiger partial charge on any atom is -0.376 e. The second-order valence-electron chi connectivity index (χ2n) is 4.88. The van der Waals surface area contributed by atoms with E-state index in [4.69, 9.17) is 10.00 Å². The molecule has 1 aromatic carbocycles. The number of alkyl halides is 3. The van der Waals surface area contributed by atoms with Crippen molar-refractivity contribution in [1.29, 1.82) is 5.26 Å². The van der Waals surface area contributed by atoms with Crippen LogP contribution in [-0.4, -0.2) is 25.8 Å². The lowest BCUT2D eigenvalue weighted by molar-refractivity contribution is -0.137. The molecule has 0 radical (unpaired) electrons. The van der Waals surface area contributed by atoms with Crippen molar-refractivity contribution in [3.8, 4) is 6.07 Å². The highest BCUT2D eigenvalue weighted by Crippen LogP contribution is 2.34. The number of nitrogens with zero attached hydrogens (tertiary/aromatic N) is 2. The molecule has 1 saturated heterocycles.